The van der Waals surface area contributed by atoms with E-state index in [0.29, 0.717) is 15.4 Å². The Labute approximate surface area is 135 Å². The lowest BCUT2D eigenvalue weighted by molar-refractivity contribution is -0.145. The molecule has 2 heterocycles. The number of ether oxygens (including phenoxy) is 1. The molecule has 1 saturated heterocycles. The Bertz CT molecular complexity index is 611. The van der Waals surface area contributed by atoms with Crippen molar-refractivity contribution in [2.75, 3.05) is 20.2 Å². The van der Waals surface area contributed by atoms with E-state index in [4.69, 9.17) is 16.3 Å². The van der Waals surface area contributed by atoms with E-state index < -0.39 is 15.9 Å². The molecule has 9 heteroatoms. The molecule has 0 bridgehead atoms. The van der Waals surface area contributed by atoms with Gasteiger partial charge in [-0.15, -0.1) is 11.3 Å². The first-order valence-electron chi connectivity index (χ1n) is 5.80. The summed E-state index contributed by atoms with van der Waals surface area (Å²) in [7, 11) is -2.31. The highest BCUT2D eigenvalue weighted by Crippen LogP contribution is 2.38. The van der Waals surface area contributed by atoms with E-state index >= 15 is 0 Å². The monoisotopic (exact) mass is 401 g/mol. The van der Waals surface area contributed by atoms with Crippen LogP contribution in [-0.2, 0) is 19.6 Å². The smallest absolute Gasteiger partial charge is 0.310 e. The quantitative estimate of drug-likeness (QED) is 0.729. The Balaban J connectivity index is 2.26. The topological polar surface area (TPSA) is 63.7 Å². The third kappa shape index (κ3) is 2.89. The van der Waals surface area contributed by atoms with E-state index in [1.807, 2.05) is 6.92 Å². The molecule has 1 fully saturated rings. The fourth-order valence-electron chi connectivity index (χ4n) is 2.16. The number of carbonyl (C=O) groups excluding carboxylic acids is 1. The van der Waals surface area contributed by atoms with E-state index in [9.17, 15) is 13.2 Å². The van der Waals surface area contributed by atoms with Crippen molar-refractivity contribution in [3.8, 4) is 0 Å². The van der Waals surface area contributed by atoms with Crippen LogP contribution in [0.25, 0.3) is 0 Å². The Kier molecular flexibility index (Phi) is 4.80. The van der Waals surface area contributed by atoms with Crippen LogP contribution >= 0.6 is 38.9 Å². The maximum atomic E-state index is 12.5. The van der Waals surface area contributed by atoms with Gasteiger partial charge in [0.25, 0.3) is 10.0 Å². The van der Waals surface area contributed by atoms with E-state index in [0.717, 1.165) is 11.3 Å². The van der Waals surface area contributed by atoms with Gasteiger partial charge in [0.1, 0.15) is 4.21 Å². The average molecular weight is 403 g/mol. The zero-order valence-corrected chi connectivity index (χ0v) is 14.8. The lowest BCUT2D eigenvalue weighted by Gasteiger charge is -2.14. The second-order valence-electron chi connectivity index (χ2n) is 4.62. The number of carbonyl (C=O) groups is 1. The van der Waals surface area contributed by atoms with Gasteiger partial charge in [0.05, 0.1) is 21.8 Å². The molecule has 5 nitrogen and oxygen atoms in total. The highest BCUT2D eigenvalue weighted by Gasteiger charge is 2.41. The summed E-state index contributed by atoms with van der Waals surface area (Å²) in [4.78, 5) is 11.6. The summed E-state index contributed by atoms with van der Waals surface area (Å²) in [5.74, 6) is -0.870. The SMILES string of the molecule is COC(=O)C1CN(S(=O)(=O)c2cc(Cl)c(Br)s2)CC1C. The maximum Gasteiger partial charge on any atom is 0.310 e. The molecule has 112 valence electrons. The van der Waals surface area contributed by atoms with Crippen molar-refractivity contribution >= 4 is 54.9 Å². The summed E-state index contributed by atoms with van der Waals surface area (Å²) in [5.41, 5.74) is 0. The van der Waals surface area contributed by atoms with Crippen molar-refractivity contribution in [1.29, 1.82) is 0 Å². The highest BCUT2D eigenvalue weighted by molar-refractivity contribution is 9.11. The van der Waals surface area contributed by atoms with E-state index in [-0.39, 0.29) is 22.6 Å². The first-order chi connectivity index (χ1) is 9.27. The maximum absolute atomic E-state index is 12.5. The second kappa shape index (κ2) is 5.92. The van der Waals surface area contributed by atoms with Crippen molar-refractivity contribution in [3.05, 3.63) is 14.9 Å². The molecule has 0 aliphatic carbocycles. The molecule has 0 radical (unpaired) electrons. The molecule has 2 rings (SSSR count). The van der Waals surface area contributed by atoms with Crippen molar-refractivity contribution in [2.24, 2.45) is 11.8 Å². The molecule has 1 aromatic heterocycles. The van der Waals surface area contributed by atoms with Crippen molar-refractivity contribution in [1.82, 2.24) is 4.31 Å². The molecule has 0 aromatic carbocycles. The second-order valence-corrected chi connectivity index (χ2v) is 9.56. The molecule has 0 saturated carbocycles. The lowest BCUT2D eigenvalue weighted by Crippen LogP contribution is -2.29. The minimum absolute atomic E-state index is 0.0731. The van der Waals surface area contributed by atoms with Crippen LogP contribution in [0.2, 0.25) is 5.02 Å². The van der Waals surface area contributed by atoms with Crippen LogP contribution < -0.4 is 0 Å². The largest absolute Gasteiger partial charge is 0.469 e. The van der Waals surface area contributed by atoms with Crippen molar-refractivity contribution in [3.63, 3.8) is 0 Å². The van der Waals surface area contributed by atoms with Crippen molar-refractivity contribution in [2.45, 2.75) is 11.1 Å². The fourth-order valence-corrected chi connectivity index (χ4v) is 6.28. The number of hydrogen-bond donors (Lipinski definition) is 0. The molecule has 2 atom stereocenters. The predicted molar refractivity (Wildman–Crippen MR) is 80.5 cm³/mol. The molecule has 0 spiro atoms. The molecular formula is C11H13BrClNO4S2. The van der Waals surface area contributed by atoms with Gasteiger partial charge in [-0.25, -0.2) is 8.42 Å². The average Bonchev–Trinajstić information content (AvgIpc) is 2.93. The summed E-state index contributed by atoms with van der Waals surface area (Å²) < 4.78 is 31.8. The molecule has 1 aromatic rings. The Morgan fingerprint density at radius 1 is 1.55 bits per heavy atom. The van der Waals surface area contributed by atoms with Gasteiger partial charge in [-0.2, -0.15) is 4.31 Å². The molecule has 0 N–H and O–H groups in total. The summed E-state index contributed by atoms with van der Waals surface area (Å²) in [6.45, 7) is 2.28. The number of sulfonamides is 1. The number of hydrogen-bond acceptors (Lipinski definition) is 5. The molecule has 20 heavy (non-hydrogen) atoms. The first kappa shape index (κ1) is 16.2. The highest BCUT2D eigenvalue weighted by atomic mass is 79.9. The van der Waals surface area contributed by atoms with Crippen LogP contribution in [0.5, 0.6) is 0 Å². The van der Waals surface area contributed by atoms with E-state index in [1.54, 1.807) is 0 Å². The predicted octanol–water partition coefficient (Wildman–Crippen LogP) is 2.59. The number of rotatable bonds is 3. The minimum Gasteiger partial charge on any atom is -0.469 e. The minimum atomic E-state index is -3.62. The Hall–Kier alpha value is -0.150. The number of nitrogens with zero attached hydrogens (tertiary/aromatic N) is 1. The van der Waals surface area contributed by atoms with Crippen LogP contribution in [0.15, 0.2) is 14.1 Å². The molecular weight excluding hydrogens is 390 g/mol. The fraction of sp³-hybridized carbons (Fsp3) is 0.545. The van der Waals surface area contributed by atoms with Gasteiger partial charge >= 0.3 is 5.97 Å². The van der Waals surface area contributed by atoms with Gasteiger partial charge < -0.3 is 4.74 Å². The van der Waals surface area contributed by atoms with Gasteiger partial charge in [-0.1, -0.05) is 18.5 Å². The molecule has 0 amide bonds. The summed E-state index contributed by atoms with van der Waals surface area (Å²) >= 11 is 10.1. The van der Waals surface area contributed by atoms with E-state index in [2.05, 4.69) is 15.9 Å². The zero-order valence-electron chi connectivity index (χ0n) is 10.8. The Morgan fingerprint density at radius 3 is 2.70 bits per heavy atom. The van der Waals surface area contributed by atoms with Crippen LogP contribution in [0.4, 0.5) is 0 Å². The van der Waals surface area contributed by atoms with Crippen LogP contribution in [0.3, 0.4) is 0 Å². The van der Waals surface area contributed by atoms with Gasteiger partial charge in [0.15, 0.2) is 0 Å². The molecule has 2 unspecified atom stereocenters. The number of thiophene rings is 1. The van der Waals surface area contributed by atoms with Gasteiger partial charge in [0, 0.05) is 13.1 Å². The summed E-state index contributed by atoms with van der Waals surface area (Å²) in [6, 6.07) is 1.42. The van der Waals surface area contributed by atoms with Gasteiger partial charge in [-0.3, -0.25) is 4.79 Å². The number of halogens is 2. The number of methoxy groups -OCH3 is 1. The van der Waals surface area contributed by atoms with Crippen LogP contribution in [0, 0.1) is 11.8 Å². The van der Waals surface area contributed by atoms with Gasteiger partial charge in [0.2, 0.25) is 0 Å². The summed E-state index contributed by atoms with van der Waals surface area (Å²) in [6.07, 6.45) is 0. The normalized spacial score (nSPS) is 24.0. The van der Waals surface area contributed by atoms with E-state index in [1.165, 1.54) is 17.5 Å². The molecule has 1 aliphatic rings. The standard InChI is InChI=1S/C11H13BrClNO4S2/c1-6-4-14(5-7(6)11(15)18-2)20(16,17)9-3-8(13)10(12)19-9/h3,6-7H,4-5H2,1-2H3. The first-order valence-corrected chi connectivity index (χ1v) is 9.23. The van der Waals surface area contributed by atoms with Gasteiger partial charge in [-0.05, 0) is 27.9 Å². The summed E-state index contributed by atoms with van der Waals surface area (Å²) in [5, 5.41) is 0.366. The third-order valence-corrected chi connectivity index (χ3v) is 8.05. The van der Waals surface area contributed by atoms with Crippen molar-refractivity contribution < 1.29 is 17.9 Å². The zero-order chi connectivity index (χ0) is 15.1. The Morgan fingerprint density at radius 2 is 2.20 bits per heavy atom. The third-order valence-electron chi connectivity index (χ3n) is 3.30. The molecule has 1 aliphatic heterocycles. The number of esters is 1. The van der Waals surface area contributed by atoms with Crippen LogP contribution in [0.1, 0.15) is 6.92 Å². The lowest BCUT2D eigenvalue weighted by atomic mass is 9.99. The van der Waals surface area contributed by atoms with Crippen LogP contribution in [-0.4, -0.2) is 38.9 Å².